The van der Waals surface area contributed by atoms with Crippen LogP contribution < -0.4 is 5.32 Å². The number of amides is 2. The van der Waals surface area contributed by atoms with Gasteiger partial charge in [0.2, 0.25) is 6.79 Å². The summed E-state index contributed by atoms with van der Waals surface area (Å²) >= 11 is 13.5. The molecule has 17 heteroatoms. The number of carbonyl (C=O) groups is 4. The fourth-order valence-electron chi connectivity index (χ4n) is 6.73. The first kappa shape index (κ1) is 41.7. The third-order valence-electron chi connectivity index (χ3n) is 9.63. The predicted octanol–water partition coefficient (Wildman–Crippen LogP) is 6.85. The van der Waals surface area contributed by atoms with Crippen LogP contribution in [0.25, 0.3) is 11.0 Å². The van der Waals surface area contributed by atoms with Crippen molar-refractivity contribution in [3.05, 3.63) is 98.7 Å². The number of furan rings is 1. The molecule has 0 spiro atoms. The molecule has 0 aliphatic carbocycles. The Labute approximate surface area is 340 Å². The molecule has 3 heterocycles. The predicted molar refractivity (Wildman–Crippen MR) is 215 cm³/mol. The van der Waals surface area contributed by atoms with Crippen molar-refractivity contribution in [3.8, 4) is 0 Å². The molecule has 2 aliphatic rings. The Kier molecular flexibility index (Phi) is 13.8. The third-order valence-corrected chi connectivity index (χ3v) is 14.9. The first-order valence-corrected chi connectivity index (χ1v) is 23.3. The van der Waals surface area contributed by atoms with Gasteiger partial charge in [0.05, 0.1) is 43.0 Å². The molecule has 12 nitrogen and oxygen atoms in total. The van der Waals surface area contributed by atoms with Crippen molar-refractivity contribution in [2.75, 3.05) is 25.3 Å². The van der Waals surface area contributed by atoms with Gasteiger partial charge in [0.15, 0.2) is 9.84 Å². The van der Waals surface area contributed by atoms with Crippen molar-refractivity contribution in [1.29, 1.82) is 0 Å². The Hall–Kier alpha value is -3.89. The fraction of sp³-hybridized carbons (Fsp3) is 0.385. The summed E-state index contributed by atoms with van der Waals surface area (Å²) in [5.74, 6) is -1.46. The SMILES string of the molecule is CS(=O)(=O)c1cccc(C[C@@H](CC(=O)OCOC(=O)CCCC[C@@H]2CCS(=O)S2)NC(=O)c2c(Cl)cc3c(c2Cl)CCN(C(=O)c2ccc4ccoc4c2)C3)c1. The van der Waals surface area contributed by atoms with Crippen molar-refractivity contribution >= 4 is 88.4 Å². The average molecular weight is 864 g/mol. The van der Waals surface area contributed by atoms with Crippen molar-refractivity contribution in [1.82, 2.24) is 10.2 Å². The van der Waals surface area contributed by atoms with Gasteiger partial charge < -0.3 is 24.1 Å². The number of rotatable bonds is 15. The van der Waals surface area contributed by atoms with Crippen LogP contribution in [-0.4, -0.2) is 77.9 Å². The van der Waals surface area contributed by atoms with E-state index in [1.807, 2.05) is 12.1 Å². The molecule has 0 bridgehead atoms. The Morgan fingerprint density at radius 1 is 1.05 bits per heavy atom. The number of nitrogens with one attached hydrogen (secondary N) is 1. The van der Waals surface area contributed by atoms with E-state index in [4.69, 9.17) is 37.1 Å². The Bertz CT molecular complexity index is 2280. The topological polar surface area (TPSA) is 166 Å². The van der Waals surface area contributed by atoms with Gasteiger partial charge in [-0.05, 0) is 85.2 Å². The van der Waals surface area contributed by atoms with Gasteiger partial charge >= 0.3 is 11.9 Å². The number of hydrogen-bond donors (Lipinski definition) is 1. The maximum atomic E-state index is 13.9. The molecule has 6 rings (SSSR count). The number of unbranched alkanes of at least 4 members (excludes halogenated alkanes) is 1. The molecule has 2 amide bonds. The number of nitrogens with zero attached hydrogens (tertiary/aromatic N) is 1. The number of carbonyl (C=O) groups excluding carboxylic acids is 4. The quantitative estimate of drug-likeness (QED) is 0.0575. The van der Waals surface area contributed by atoms with Gasteiger partial charge in [0.25, 0.3) is 11.8 Å². The molecule has 0 radical (unpaired) electrons. The second-order valence-electron chi connectivity index (χ2n) is 13.7. The van der Waals surface area contributed by atoms with E-state index >= 15 is 0 Å². The van der Waals surface area contributed by atoms with Crippen molar-refractivity contribution in [2.45, 2.75) is 74.1 Å². The van der Waals surface area contributed by atoms with Crippen molar-refractivity contribution in [2.24, 2.45) is 0 Å². The molecule has 1 fully saturated rings. The normalized spacial score (nSPS) is 17.3. The number of hydrogen-bond acceptors (Lipinski definition) is 11. The van der Waals surface area contributed by atoms with Gasteiger partial charge in [-0.25, -0.2) is 12.6 Å². The average Bonchev–Trinajstić information content (AvgIpc) is 3.80. The van der Waals surface area contributed by atoms with Gasteiger partial charge in [0, 0.05) is 53.8 Å². The first-order valence-electron chi connectivity index (χ1n) is 18.0. The Morgan fingerprint density at radius 2 is 1.86 bits per heavy atom. The van der Waals surface area contributed by atoms with Gasteiger partial charge in [-0.3, -0.25) is 19.2 Å². The number of benzene rings is 3. The molecule has 3 aromatic carbocycles. The fourth-order valence-corrected chi connectivity index (χ4v) is 11.7. The third kappa shape index (κ3) is 10.7. The molecule has 1 aromatic heterocycles. The highest BCUT2D eigenvalue weighted by atomic mass is 35.5. The van der Waals surface area contributed by atoms with Crippen LogP contribution in [0.15, 0.2) is 70.2 Å². The summed E-state index contributed by atoms with van der Waals surface area (Å²) in [6, 6.07) is 13.9. The molecule has 3 atom stereocenters. The lowest BCUT2D eigenvalue weighted by Gasteiger charge is -2.30. The Morgan fingerprint density at radius 3 is 2.62 bits per heavy atom. The van der Waals surface area contributed by atoms with Crippen LogP contribution in [0.1, 0.15) is 75.9 Å². The number of ether oxygens (including phenoxy) is 2. The highest BCUT2D eigenvalue weighted by Gasteiger charge is 2.30. The number of halogens is 2. The molecule has 56 heavy (non-hydrogen) atoms. The highest BCUT2D eigenvalue weighted by Crippen LogP contribution is 2.36. The van der Waals surface area contributed by atoms with Crippen LogP contribution >= 0.6 is 34.0 Å². The monoisotopic (exact) mass is 862 g/mol. The van der Waals surface area contributed by atoms with E-state index < -0.39 is 50.3 Å². The van der Waals surface area contributed by atoms with Gasteiger partial charge in [-0.15, -0.1) is 0 Å². The van der Waals surface area contributed by atoms with Crippen molar-refractivity contribution in [3.63, 3.8) is 0 Å². The van der Waals surface area contributed by atoms with Gasteiger partial charge in [0.1, 0.15) is 5.58 Å². The molecular weight excluding hydrogens is 824 g/mol. The summed E-state index contributed by atoms with van der Waals surface area (Å²) < 4.78 is 51.8. The molecule has 0 saturated carbocycles. The van der Waals surface area contributed by atoms with E-state index in [0.717, 1.165) is 30.9 Å². The van der Waals surface area contributed by atoms with E-state index in [9.17, 15) is 31.8 Å². The lowest BCUT2D eigenvalue weighted by atomic mass is 9.95. The molecule has 4 aromatic rings. The highest BCUT2D eigenvalue weighted by molar-refractivity contribution is 8.69. The van der Waals surface area contributed by atoms with E-state index in [0.29, 0.717) is 58.2 Å². The standard InChI is InChI=1S/C39H40Cl2N2O10S3/c1-56(49,50)30-7-4-5-24(18-30)17-28(21-35(45)53-23-52-34(44)8-3-2-6-29-13-16-55(48)54-29)42-38(46)36-32(40)19-27-22-43(14-11-31(27)37(36)41)39(47)26-10-9-25-12-15-51-33(25)20-26/h4-5,7,9-10,12,15,18-20,28-29H,2-3,6,8,11,13-14,16-17,21-23H2,1H3,(H,42,46)/t28-,29+,55?/m0/s1. The Balaban J connectivity index is 1.09. The second-order valence-corrected chi connectivity index (χ2v) is 20.1. The zero-order valence-corrected chi connectivity index (χ0v) is 34.4. The largest absolute Gasteiger partial charge is 0.464 e. The summed E-state index contributed by atoms with van der Waals surface area (Å²) in [5.41, 5.74) is 2.95. The molecule has 1 N–H and O–H groups in total. The van der Waals surface area contributed by atoms with Gasteiger partial charge in [-0.1, -0.05) is 58.6 Å². The lowest BCUT2D eigenvalue weighted by Crippen LogP contribution is -2.39. The summed E-state index contributed by atoms with van der Waals surface area (Å²) in [4.78, 5) is 54.2. The molecule has 298 valence electrons. The number of esters is 2. The minimum atomic E-state index is -3.54. The van der Waals surface area contributed by atoms with E-state index in [-0.39, 0.29) is 52.2 Å². The van der Waals surface area contributed by atoms with Crippen molar-refractivity contribution < 1.29 is 45.7 Å². The van der Waals surface area contributed by atoms with E-state index in [1.54, 1.807) is 41.5 Å². The summed E-state index contributed by atoms with van der Waals surface area (Å²) in [6.07, 6.45) is 5.97. The van der Waals surface area contributed by atoms with E-state index in [2.05, 4.69) is 5.32 Å². The van der Waals surface area contributed by atoms with Crippen LogP contribution in [0.3, 0.4) is 0 Å². The summed E-state index contributed by atoms with van der Waals surface area (Å²) in [5, 5.41) is 4.21. The lowest BCUT2D eigenvalue weighted by molar-refractivity contribution is -0.167. The minimum absolute atomic E-state index is 0.00731. The van der Waals surface area contributed by atoms with E-state index in [1.165, 1.54) is 22.9 Å². The summed E-state index contributed by atoms with van der Waals surface area (Å²) in [6.45, 7) is -0.0635. The van der Waals surface area contributed by atoms with Crippen LogP contribution in [0.5, 0.6) is 0 Å². The van der Waals surface area contributed by atoms with Crippen LogP contribution in [0.4, 0.5) is 0 Å². The molecular formula is C39H40Cl2N2O10S3. The zero-order valence-electron chi connectivity index (χ0n) is 30.4. The zero-order chi connectivity index (χ0) is 40.0. The van der Waals surface area contributed by atoms with Crippen LogP contribution in [0.2, 0.25) is 10.0 Å². The maximum absolute atomic E-state index is 13.9. The maximum Gasteiger partial charge on any atom is 0.310 e. The second kappa shape index (κ2) is 18.6. The summed E-state index contributed by atoms with van der Waals surface area (Å²) in [7, 11) is -2.88. The van der Waals surface area contributed by atoms with Crippen LogP contribution in [0, 0.1) is 0 Å². The number of sulfone groups is 1. The number of fused-ring (bicyclic) bond motifs is 2. The molecule has 2 aliphatic heterocycles. The minimum Gasteiger partial charge on any atom is -0.464 e. The van der Waals surface area contributed by atoms with Gasteiger partial charge in [-0.2, -0.15) is 0 Å². The van der Waals surface area contributed by atoms with Crippen LogP contribution in [-0.2, 0) is 58.1 Å². The molecule has 1 unspecified atom stereocenters. The first-order chi connectivity index (χ1) is 26.7. The smallest absolute Gasteiger partial charge is 0.310 e. The molecule has 1 saturated heterocycles.